The molecule has 7 nitrogen and oxygen atoms in total. The minimum Gasteiger partial charge on any atom is -0.444 e. The molecule has 174 valence electrons. The smallest absolute Gasteiger partial charge is 0.410 e. The van der Waals surface area contributed by atoms with E-state index in [1.807, 2.05) is 9.80 Å². The predicted octanol–water partition coefficient (Wildman–Crippen LogP) is 3.66. The lowest BCUT2D eigenvalue weighted by atomic mass is 9.85. The number of nitrogens with one attached hydrogen (secondary N) is 1. The Morgan fingerprint density at radius 3 is 2.47 bits per heavy atom. The Hall–Kier alpha value is -2.35. The van der Waals surface area contributed by atoms with Gasteiger partial charge in [0.2, 0.25) is 5.91 Å². The summed E-state index contributed by atoms with van der Waals surface area (Å²) in [5, 5.41) is 12.8. The summed E-state index contributed by atoms with van der Waals surface area (Å²) in [6.07, 6.45) is 6.61. The molecular weight excluding hydrogens is 413 g/mol. The third-order valence-corrected chi connectivity index (χ3v) is 7.60. The van der Waals surface area contributed by atoms with E-state index in [9.17, 15) is 19.1 Å². The van der Waals surface area contributed by atoms with Crippen LogP contribution in [0.15, 0.2) is 18.2 Å². The highest BCUT2D eigenvalue weighted by Crippen LogP contribution is 2.37. The van der Waals surface area contributed by atoms with Crippen LogP contribution in [0.4, 0.5) is 20.6 Å². The second-order valence-corrected chi connectivity index (χ2v) is 9.79. The fraction of sp³-hybridized carbons (Fsp3) is 0.667. The molecule has 1 saturated carbocycles. The zero-order valence-electron chi connectivity index (χ0n) is 18.3. The van der Waals surface area contributed by atoms with Gasteiger partial charge in [0.25, 0.3) is 0 Å². The lowest BCUT2D eigenvalue weighted by Gasteiger charge is -2.39. The van der Waals surface area contributed by atoms with E-state index >= 15 is 0 Å². The molecule has 3 atom stereocenters. The number of benzene rings is 1. The van der Waals surface area contributed by atoms with Gasteiger partial charge in [0.1, 0.15) is 11.9 Å². The molecule has 2 amide bonds. The first-order chi connectivity index (χ1) is 15.5. The minimum absolute atomic E-state index is 0.0347. The average molecular weight is 446 g/mol. The van der Waals surface area contributed by atoms with E-state index < -0.39 is 0 Å². The molecule has 3 saturated heterocycles. The number of hydrogen-bond donors (Lipinski definition) is 2. The number of carbonyl (C=O) groups excluding carboxylic acids is 2. The Balaban J connectivity index is 1.19. The molecule has 3 unspecified atom stereocenters. The predicted molar refractivity (Wildman–Crippen MR) is 118 cm³/mol. The van der Waals surface area contributed by atoms with Crippen LogP contribution in [0, 0.1) is 11.7 Å². The van der Waals surface area contributed by atoms with Gasteiger partial charge < -0.3 is 25.0 Å². The van der Waals surface area contributed by atoms with Crippen LogP contribution in [0.1, 0.15) is 57.8 Å². The molecule has 4 fully saturated rings. The number of ether oxygens (including phenoxy) is 1. The van der Waals surface area contributed by atoms with Crippen molar-refractivity contribution < 1.29 is 23.8 Å². The molecule has 0 spiro atoms. The van der Waals surface area contributed by atoms with E-state index in [-0.39, 0.29) is 48.0 Å². The molecule has 4 aliphatic rings. The summed E-state index contributed by atoms with van der Waals surface area (Å²) in [6.45, 7) is 1.14. The van der Waals surface area contributed by atoms with Crippen molar-refractivity contribution >= 4 is 23.4 Å². The van der Waals surface area contributed by atoms with Gasteiger partial charge in [0.05, 0.1) is 18.3 Å². The number of aliphatic hydroxyl groups is 1. The lowest BCUT2D eigenvalue weighted by molar-refractivity contribution is -0.122. The van der Waals surface area contributed by atoms with E-state index in [1.54, 1.807) is 12.1 Å². The first kappa shape index (κ1) is 21.5. The Kier molecular flexibility index (Phi) is 5.97. The SMILES string of the molecule is O=C(Nc1ccc(N2CCCC(OC(=O)N3C4CCC3CC(O)C4)C2)c(F)c1)C1CCC1. The van der Waals surface area contributed by atoms with Crippen LogP contribution in [-0.2, 0) is 9.53 Å². The van der Waals surface area contributed by atoms with Crippen molar-refractivity contribution in [2.24, 2.45) is 5.92 Å². The maximum atomic E-state index is 14.9. The Bertz CT molecular complexity index is 863. The topological polar surface area (TPSA) is 82.1 Å². The molecule has 3 aliphatic heterocycles. The van der Waals surface area contributed by atoms with Crippen molar-refractivity contribution in [3.8, 4) is 0 Å². The quantitative estimate of drug-likeness (QED) is 0.739. The van der Waals surface area contributed by atoms with Gasteiger partial charge in [0.15, 0.2) is 0 Å². The molecule has 3 heterocycles. The maximum Gasteiger partial charge on any atom is 0.410 e. The van der Waals surface area contributed by atoms with Crippen molar-refractivity contribution in [2.75, 3.05) is 23.3 Å². The van der Waals surface area contributed by atoms with Crippen molar-refractivity contribution in [1.82, 2.24) is 4.90 Å². The first-order valence-corrected chi connectivity index (χ1v) is 12.0. The molecule has 0 aromatic heterocycles. The zero-order valence-corrected chi connectivity index (χ0v) is 18.3. The summed E-state index contributed by atoms with van der Waals surface area (Å²) < 4.78 is 20.7. The maximum absolute atomic E-state index is 14.9. The van der Waals surface area contributed by atoms with Crippen molar-refractivity contribution in [1.29, 1.82) is 0 Å². The fourth-order valence-corrected chi connectivity index (χ4v) is 5.66. The van der Waals surface area contributed by atoms with Crippen molar-refractivity contribution in [3.63, 3.8) is 0 Å². The van der Waals surface area contributed by atoms with E-state index in [2.05, 4.69) is 5.32 Å². The summed E-state index contributed by atoms with van der Waals surface area (Å²) >= 11 is 0. The van der Waals surface area contributed by atoms with E-state index in [4.69, 9.17) is 4.74 Å². The van der Waals surface area contributed by atoms with Gasteiger partial charge in [-0.15, -0.1) is 0 Å². The second kappa shape index (κ2) is 8.89. The number of anilines is 2. The van der Waals surface area contributed by atoms with E-state index in [0.29, 0.717) is 37.3 Å². The molecule has 2 bridgehead atoms. The molecule has 0 radical (unpaired) electrons. The summed E-state index contributed by atoms with van der Waals surface area (Å²) in [4.78, 5) is 28.7. The summed E-state index contributed by atoms with van der Waals surface area (Å²) in [6, 6.07) is 4.94. The number of fused-ring (bicyclic) bond motifs is 2. The van der Waals surface area contributed by atoms with Crippen LogP contribution < -0.4 is 10.2 Å². The number of halogens is 1. The monoisotopic (exact) mass is 445 g/mol. The fourth-order valence-electron chi connectivity index (χ4n) is 5.66. The van der Waals surface area contributed by atoms with E-state index in [0.717, 1.165) is 44.9 Å². The summed E-state index contributed by atoms with van der Waals surface area (Å²) in [5.41, 5.74) is 0.944. The van der Waals surface area contributed by atoms with Crippen LogP contribution >= 0.6 is 0 Å². The second-order valence-electron chi connectivity index (χ2n) is 9.79. The molecular formula is C24H32FN3O4. The van der Waals surface area contributed by atoms with Gasteiger partial charge >= 0.3 is 6.09 Å². The Morgan fingerprint density at radius 1 is 1.06 bits per heavy atom. The summed E-state index contributed by atoms with van der Waals surface area (Å²) in [7, 11) is 0. The van der Waals surface area contributed by atoms with Gasteiger partial charge in [-0.2, -0.15) is 0 Å². The molecule has 1 aromatic rings. The number of nitrogens with zero attached hydrogens (tertiary/aromatic N) is 2. The van der Waals surface area contributed by atoms with E-state index in [1.165, 1.54) is 6.07 Å². The van der Waals surface area contributed by atoms with Gasteiger partial charge in [-0.1, -0.05) is 6.42 Å². The number of carbonyl (C=O) groups is 2. The number of aliphatic hydroxyl groups excluding tert-OH is 1. The third kappa shape index (κ3) is 4.29. The normalized spacial score (nSPS) is 30.1. The highest BCUT2D eigenvalue weighted by molar-refractivity contribution is 5.93. The third-order valence-electron chi connectivity index (χ3n) is 7.60. The van der Waals surface area contributed by atoms with Gasteiger partial charge in [0, 0.05) is 30.2 Å². The molecule has 2 N–H and O–H groups in total. The van der Waals surface area contributed by atoms with Gasteiger partial charge in [-0.25, -0.2) is 9.18 Å². The van der Waals surface area contributed by atoms with Gasteiger partial charge in [-0.05, 0) is 69.6 Å². The minimum atomic E-state index is -0.383. The van der Waals surface area contributed by atoms with Gasteiger partial charge in [-0.3, -0.25) is 4.79 Å². The van der Waals surface area contributed by atoms with Crippen molar-refractivity contribution in [2.45, 2.75) is 82.1 Å². The molecule has 8 heteroatoms. The number of hydrogen-bond acceptors (Lipinski definition) is 5. The molecule has 32 heavy (non-hydrogen) atoms. The highest BCUT2D eigenvalue weighted by Gasteiger charge is 2.44. The molecule has 5 rings (SSSR count). The molecule has 1 aromatic carbocycles. The highest BCUT2D eigenvalue weighted by atomic mass is 19.1. The standard InChI is InChI=1S/C24H32FN3O4/c25-21-11-16(26-23(30)15-3-1-4-15)6-9-22(21)27-10-2-5-20(14-27)32-24(31)28-17-7-8-18(28)13-19(29)12-17/h6,9,11,15,17-20,29H,1-5,7-8,10,12-14H2,(H,26,30). The Morgan fingerprint density at radius 2 is 1.81 bits per heavy atom. The number of amides is 2. The number of piperidine rings is 2. The zero-order chi connectivity index (χ0) is 22.2. The molecule has 1 aliphatic carbocycles. The lowest BCUT2D eigenvalue weighted by Crippen LogP contribution is -2.50. The first-order valence-electron chi connectivity index (χ1n) is 12.0. The summed E-state index contributed by atoms with van der Waals surface area (Å²) in [5.74, 6) is -0.368. The van der Waals surface area contributed by atoms with Crippen LogP contribution in [0.3, 0.4) is 0 Å². The van der Waals surface area contributed by atoms with Crippen LogP contribution in [0.5, 0.6) is 0 Å². The average Bonchev–Trinajstić information content (AvgIpc) is 2.98. The van der Waals surface area contributed by atoms with Crippen molar-refractivity contribution in [3.05, 3.63) is 24.0 Å². The number of rotatable bonds is 4. The van der Waals surface area contributed by atoms with Crippen LogP contribution in [0.2, 0.25) is 0 Å². The Labute approximate surface area is 187 Å². The van der Waals surface area contributed by atoms with Crippen LogP contribution in [-0.4, -0.2) is 59.4 Å². The largest absolute Gasteiger partial charge is 0.444 e. The van der Waals surface area contributed by atoms with Crippen LogP contribution in [0.25, 0.3) is 0 Å².